The first-order valence-electron chi connectivity index (χ1n) is 9.16. The monoisotopic (exact) mass is 420 g/mol. The molecule has 8 nitrogen and oxygen atoms in total. The van der Waals surface area contributed by atoms with Crippen molar-refractivity contribution in [3.63, 3.8) is 0 Å². The van der Waals surface area contributed by atoms with Crippen LogP contribution in [-0.2, 0) is 19.2 Å². The van der Waals surface area contributed by atoms with Gasteiger partial charge < -0.3 is 20.0 Å². The van der Waals surface area contributed by atoms with Crippen molar-refractivity contribution < 1.29 is 29.4 Å². The van der Waals surface area contributed by atoms with Gasteiger partial charge in [0.2, 0.25) is 0 Å². The van der Waals surface area contributed by atoms with Crippen LogP contribution < -0.4 is 0 Å². The first kappa shape index (κ1) is 17.3. The molecule has 8 atom stereocenters. The van der Waals surface area contributed by atoms with E-state index in [1.807, 2.05) is 0 Å². The number of carbonyl (C=O) groups excluding carboxylic acids is 4. The Morgan fingerprint density at radius 1 is 0.786 bits per heavy atom. The number of nitrogens with zero attached hydrogens (tertiary/aromatic N) is 2. The molecule has 0 aromatic carbocycles. The van der Waals surface area contributed by atoms with E-state index in [2.05, 4.69) is 0 Å². The van der Waals surface area contributed by atoms with Gasteiger partial charge in [0.25, 0.3) is 11.8 Å². The Kier molecular flexibility index (Phi) is 3.14. The fourth-order valence-corrected chi connectivity index (χ4v) is 9.60. The highest BCUT2D eigenvalue weighted by atomic mass is 33.1. The third-order valence-corrected chi connectivity index (χ3v) is 10.6. The van der Waals surface area contributed by atoms with E-state index in [9.17, 15) is 29.4 Å². The topological polar surface area (TPSA) is 115 Å². The molecule has 7 aliphatic rings. The number of amides is 2. The fraction of sp³-hybridized carbons (Fsp3) is 0.556. The Hall–Kier alpha value is -1.62. The van der Waals surface area contributed by atoms with Crippen LogP contribution in [-0.4, -0.2) is 77.4 Å². The van der Waals surface area contributed by atoms with Gasteiger partial charge in [0, 0.05) is 24.7 Å². The van der Waals surface area contributed by atoms with Gasteiger partial charge in [-0.3, -0.25) is 19.2 Å². The van der Waals surface area contributed by atoms with Crippen LogP contribution in [0.4, 0.5) is 0 Å². The van der Waals surface area contributed by atoms with E-state index in [0.29, 0.717) is 0 Å². The number of rotatable bonds is 0. The second-order valence-corrected chi connectivity index (χ2v) is 10.9. The number of aliphatic hydroxyl groups is 2. The third kappa shape index (κ3) is 1.67. The van der Waals surface area contributed by atoms with Crippen LogP contribution in [0.15, 0.2) is 24.3 Å². The molecule has 28 heavy (non-hydrogen) atoms. The Morgan fingerprint density at radius 3 is 1.57 bits per heavy atom. The maximum atomic E-state index is 13.7. The van der Waals surface area contributed by atoms with Gasteiger partial charge in [-0.1, -0.05) is 33.7 Å². The van der Waals surface area contributed by atoms with Gasteiger partial charge in [-0.25, -0.2) is 0 Å². The van der Waals surface area contributed by atoms with Gasteiger partial charge in [0.1, 0.15) is 0 Å². The largest absolute Gasteiger partial charge is 0.387 e. The summed E-state index contributed by atoms with van der Waals surface area (Å²) in [5, 5.41) is 21.0. The number of aliphatic hydroxyl groups excluding tert-OH is 2. The van der Waals surface area contributed by atoms with E-state index >= 15 is 0 Å². The molecular weight excluding hydrogens is 404 g/mol. The van der Waals surface area contributed by atoms with Crippen LogP contribution in [0.3, 0.4) is 0 Å². The molecule has 5 aliphatic heterocycles. The van der Waals surface area contributed by atoms with E-state index in [1.54, 1.807) is 0 Å². The first-order chi connectivity index (χ1) is 13.3. The summed E-state index contributed by atoms with van der Waals surface area (Å²) < 4.78 is 0. The summed E-state index contributed by atoms with van der Waals surface area (Å²) in [5.41, 5.74) is 0. The zero-order chi connectivity index (χ0) is 19.6. The lowest BCUT2D eigenvalue weighted by Gasteiger charge is -2.58. The van der Waals surface area contributed by atoms with E-state index in [0.717, 1.165) is 0 Å². The van der Waals surface area contributed by atoms with Crippen molar-refractivity contribution in [1.29, 1.82) is 0 Å². The van der Waals surface area contributed by atoms with Crippen LogP contribution in [0.25, 0.3) is 0 Å². The summed E-state index contributed by atoms with van der Waals surface area (Å²) in [7, 11) is 2.51. The van der Waals surface area contributed by atoms with Crippen LogP contribution in [0.5, 0.6) is 0 Å². The van der Waals surface area contributed by atoms with Gasteiger partial charge in [-0.2, -0.15) is 0 Å². The van der Waals surface area contributed by atoms with Crippen molar-refractivity contribution in [2.75, 3.05) is 0 Å². The predicted molar refractivity (Wildman–Crippen MR) is 98.4 cm³/mol. The molecule has 0 saturated carbocycles. The zero-order valence-electron chi connectivity index (χ0n) is 14.4. The smallest absolute Gasteiger partial charge is 0.261 e. The summed E-state index contributed by atoms with van der Waals surface area (Å²) >= 11 is 0. The number of ketones is 2. The normalized spacial score (nSPS) is 50.8. The summed E-state index contributed by atoms with van der Waals surface area (Å²) in [5.74, 6) is -2.35. The average molecular weight is 420 g/mol. The van der Waals surface area contributed by atoms with E-state index in [4.69, 9.17) is 0 Å². The number of piperazine rings is 1. The van der Waals surface area contributed by atoms with Gasteiger partial charge in [0.15, 0.2) is 21.3 Å². The van der Waals surface area contributed by atoms with Gasteiger partial charge in [-0.15, -0.1) is 0 Å². The van der Waals surface area contributed by atoms with Crippen LogP contribution in [0, 0.1) is 11.8 Å². The molecule has 10 heteroatoms. The minimum atomic E-state index is -1.29. The average Bonchev–Trinajstić information content (AvgIpc) is 3.22. The van der Waals surface area contributed by atoms with Crippen molar-refractivity contribution in [3.8, 4) is 0 Å². The molecule has 2 amide bonds. The quantitative estimate of drug-likeness (QED) is 0.491. The van der Waals surface area contributed by atoms with E-state index in [1.165, 1.54) is 55.7 Å². The Labute approximate surface area is 167 Å². The highest BCUT2D eigenvalue weighted by molar-refractivity contribution is 8.78. The van der Waals surface area contributed by atoms with Gasteiger partial charge >= 0.3 is 0 Å². The molecule has 2 bridgehead atoms. The number of fused-ring (bicyclic) bond motifs is 3. The minimum Gasteiger partial charge on any atom is -0.387 e. The first-order valence-corrected chi connectivity index (χ1v) is 11.3. The number of allylic oxidation sites excluding steroid dienone is 2. The summed E-state index contributed by atoms with van der Waals surface area (Å²) in [6.45, 7) is 0. The molecule has 2 spiro atoms. The van der Waals surface area contributed by atoms with Crippen molar-refractivity contribution >= 4 is 45.0 Å². The lowest BCUT2D eigenvalue weighted by atomic mass is 9.85. The molecule has 0 aromatic heterocycles. The summed E-state index contributed by atoms with van der Waals surface area (Å²) in [4.78, 5) is 52.6. The molecule has 5 fully saturated rings. The molecular formula is C18H16N2O6S2. The molecule has 7 rings (SSSR count). The second kappa shape index (κ2) is 5.10. The van der Waals surface area contributed by atoms with Crippen molar-refractivity contribution in [2.45, 2.75) is 46.9 Å². The Bertz CT molecular complexity index is 861. The SMILES string of the molecule is O=C1C=C[C@H](O)[C@@H]2[C@@H]1C[C@@]13SS[C@]4(C[C@@H]5C(=O)C=C[C@H](O)[C@H]5N4C1=O)C(=O)N23. The molecule has 5 heterocycles. The molecule has 0 unspecified atom stereocenters. The molecule has 5 saturated heterocycles. The number of hydrogen-bond acceptors (Lipinski definition) is 8. The molecule has 0 aromatic rings. The molecule has 146 valence electrons. The second-order valence-electron chi connectivity index (χ2n) is 8.19. The van der Waals surface area contributed by atoms with Gasteiger partial charge in [0.05, 0.1) is 24.3 Å². The predicted octanol–water partition coefficient (Wildman–Crippen LogP) is -0.779. The molecule has 0 radical (unpaired) electrons. The third-order valence-electron chi connectivity index (χ3n) is 6.96. The van der Waals surface area contributed by atoms with Crippen molar-refractivity contribution in [3.05, 3.63) is 24.3 Å². The number of hydrogen-bond donors (Lipinski definition) is 2. The zero-order valence-corrected chi connectivity index (χ0v) is 16.1. The van der Waals surface area contributed by atoms with Crippen LogP contribution in [0.1, 0.15) is 12.8 Å². The standard InChI is InChI=1S/C18H16N2O6S2/c21-9-1-3-11(23)13-7(9)5-17-15(25)20-14-8(10(22)2-4-12(14)24)6-18(20,28-27-17)16(26)19(13)17/h1-4,7-8,11-14,23-24H,5-6H2/t7-,8-,11+,12+,13+,14+,17-,18-/m1/s1. The highest BCUT2D eigenvalue weighted by Gasteiger charge is 2.79. The lowest BCUT2D eigenvalue weighted by Crippen LogP contribution is -2.77. The van der Waals surface area contributed by atoms with E-state index in [-0.39, 0.29) is 36.2 Å². The summed E-state index contributed by atoms with van der Waals surface area (Å²) in [6, 6.07) is -1.55. The number of carbonyl (C=O) groups is 4. The minimum absolute atomic E-state index is 0.129. The fourth-order valence-electron chi connectivity index (χ4n) is 5.77. The summed E-state index contributed by atoms with van der Waals surface area (Å²) in [6.07, 6.45) is 3.61. The van der Waals surface area contributed by atoms with Crippen LogP contribution in [0.2, 0.25) is 0 Å². The molecule has 2 aliphatic carbocycles. The lowest BCUT2D eigenvalue weighted by molar-refractivity contribution is -0.169. The Morgan fingerprint density at radius 2 is 1.18 bits per heavy atom. The van der Waals surface area contributed by atoms with Crippen molar-refractivity contribution in [1.82, 2.24) is 9.80 Å². The van der Waals surface area contributed by atoms with Crippen molar-refractivity contribution in [2.24, 2.45) is 11.8 Å². The highest BCUT2D eigenvalue weighted by Crippen LogP contribution is 2.69. The maximum Gasteiger partial charge on any atom is 0.261 e. The van der Waals surface area contributed by atoms with Crippen LogP contribution >= 0.6 is 21.6 Å². The van der Waals surface area contributed by atoms with E-state index < -0.39 is 45.9 Å². The maximum absolute atomic E-state index is 13.7. The van der Waals surface area contributed by atoms with Gasteiger partial charge in [-0.05, 0) is 12.2 Å². The molecule has 2 N–H and O–H groups in total. The Balaban J connectivity index is 1.52.